The topological polar surface area (TPSA) is 64.6 Å². The molecule has 6 heteroatoms. The first-order chi connectivity index (χ1) is 9.11. The summed E-state index contributed by atoms with van der Waals surface area (Å²) in [7, 11) is 1.28. The molecular weight excluding hydrogens is 314 g/mol. The van der Waals surface area contributed by atoms with Crippen molar-refractivity contribution in [1.82, 2.24) is 5.32 Å². The summed E-state index contributed by atoms with van der Waals surface area (Å²) in [4.78, 5) is 22.1. The zero-order valence-corrected chi connectivity index (χ0v) is 12.2. The fourth-order valence-corrected chi connectivity index (χ4v) is 1.55. The van der Waals surface area contributed by atoms with Crippen molar-refractivity contribution in [2.75, 3.05) is 20.3 Å². The molecule has 0 radical (unpaired) electrons. The number of rotatable bonds is 7. The lowest BCUT2D eigenvalue weighted by Gasteiger charge is -2.06. The Morgan fingerprint density at radius 3 is 2.58 bits per heavy atom. The highest BCUT2D eigenvalue weighted by molar-refractivity contribution is 9.10. The van der Waals surface area contributed by atoms with E-state index in [-0.39, 0.29) is 12.5 Å². The summed E-state index contributed by atoms with van der Waals surface area (Å²) in [6, 6.07) is 7.47. The van der Waals surface area contributed by atoms with Gasteiger partial charge in [-0.05, 0) is 30.7 Å². The molecule has 5 nitrogen and oxygen atoms in total. The molecule has 1 rings (SSSR count). The van der Waals surface area contributed by atoms with Crippen LogP contribution in [0.2, 0.25) is 0 Å². The quantitative estimate of drug-likeness (QED) is 0.613. The Balaban J connectivity index is 2.11. The van der Waals surface area contributed by atoms with Crippen LogP contribution in [0.25, 0.3) is 0 Å². The van der Waals surface area contributed by atoms with Crippen LogP contribution in [0.1, 0.15) is 12.8 Å². The van der Waals surface area contributed by atoms with E-state index in [4.69, 9.17) is 4.74 Å². The molecule has 0 bridgehead atoms. The lowest BCUT2D eigenvalue weighted by molar-refractivity contribution is -0.141. The van der Waals surface area contributed by atoms with Gasteiger partial charge in [0.2, 0.25) is 5.91 Å². The van der Waals surface area contributed by atoms with Gasteiger partial charge in [0.25, 0.3) is 0 Å². The molecule has 0 aliphatic carbocycles. The number of ether oxygens (including phenoxy) is 2. The van der Waals surface area contributed by atoms with E-state index in [9.17, 15) is 9.59 Å². The largest absolute Gasteiger partial charge is 0.494 e. The lowest BCUT2D eigenvalue weighted by atomic mass is 10.3. The van der Waals surface area contributed by atoms with Crippen molar-refractivity contribution in [2.24, 2.45) is 0 Å². The second-order valence-corrected chi connectivity index (χ2v) is 4.67. The second-order valence-electron chi connectivity index (χ2n) is 3.76. The van der Waals surface area contributed by atoms with Crippen molar-refractivity contribution in [3.05, 3.63) is 28.7 Å². The van der Waals surface area contributed by atoms with Crippen LogP contribution in [-0.4, -0.2) is 32.1 Å². The fourth-order valence-electron chi connectivity index (χ4n) is 1.28. The molecule has 0 heterocycles. The maximum atomic E-state index is 11.3. The minimum Gasteiger partial charge on any atom is -0.494 e. The summed E-state index contributed by atoms with van der Waals surface area (Å²) in [6.45, 7) is 0.357. The first kappa shape index (κ1) is 15.5. The van der Waals surface area contributed by atoms with E-state index < -0.39 is 5.97 Å². The van der Waals surface area contributed by atoms with Gasteiger partial charge in [-0.2, -0.15) is 0 Å². The molecular formula is C13H16BrNO4. The number of hydrogen-bond donors (Lipinski definition) is 1. The Morgan fingerprint density at radius 1 is 1.26 bits per heavy atom. The second kappa shape index (κ2) is 8.53. The van der Waals surface area contributed by atoms with Gasteiger partial charge in [0.15, 0.2) is 0 Å². The summed E-state index contributed by atoms with van der Waals surface area (Å²) in [5, 5.41) is 2.46. The average Bonchev–Trinajstić information content (AvgIpc) is 2.42. The number of carbonyl (C=O) groups excluding carboxylic acids is 2. The van der Waals surface area contributed by atoms with E-state index in [1.54, 1.807) is 0 Å². The Hall–Kier alpha value is -1.56. The first-order valence-electron chi connectivity index (χ1n) is 5.83. The molecule has 1 aromatic carbocycles. The minimum atomic E-state index is -0.459. The van der Waals surface area contributed by atoms with E-state index in [1.807, 2.05) is 24.3 Å². The number of benzene rings is 1. The Labute approximate surface area is 120 Å². The molecule has 0 aliphatic rings. The summed E-state index contributed by atoms with van der Waals surface area (Å²) < 4.78 is 10.9. The van der Waals surface area contributed by atoms with Crippen molar-refractivity contribution in [2.45, 2.75) is 12.8 Å². The number of halogens is 1. The monoisotopic (exact) mass is 329 g/mol. The first-order valence-corrected chi connectivity index (χ1v) is 6.63. The van der Waals surface area contributed by atoms with Crippen LogP contribution in [0, 0.1) is 0 Å². The number of methoxy groups -OCH3 is 1. The maximum absolute atomic E-state index is 11.3. The van der Waals surface area contributed by atoms with Gasteiger partial charge in [-0.3, -0.25) is 9.59 Å². The van der Waals surface area contributed by atoms with Crippen molar-refractivity contribution in [1.29, 1.82) is 0 Å². The number of carbonyl (C=O) groups is 2. The number of esters is 1. The highest BCUT2D eigenvalue weighted by Crippen LogP contribution is 2.16. The molecule has 19 heavy (non-hydrogen) atoms. The Kier molecular flexibility index (Phi) is 6.95. The molecule has 0 aromatic heterocycles. The third-order valence-electron chi connectivity index (χ3n) is 2.29. The van der Waals surface area contributed by atoms with Gasteiger partial charge in [0, 0.05) is 10.9 Å². The summed E-state index contributed by atoms with van der Waals surface area (Å²) in [5.74, 6) is 0.113. The molecule has 1 aromatic rings. The van der Waals surface area contributed by atoms with Crippen LogP contribution in [0.3, 0.4) is 0 Å². The Morgan fingerprint density at radius 2 is 1.95 bits per heavy atom. The van der Waals surface area contributed by atoms with Gasteiger partial charge in [0.05, 0.1) is 13.7 Å². The van der Waals surface area contributed by atoms with E-state index in [0.717, 1.165) is 10.2 Å². The van der Waals surface area contributed by atoms with Gasteiger partial charge in [-0.15, -0.1) is 0 Å². The molecule has 0 spiro atoms. The highest BCUT2D eigenvalue weighted by Gasteiger charge is 2.05. The highest BCUT2D eigenvalue weighted by atomic mass is 79.9. The smallest absolute Gasteiger partial charge is 0.325 e. The molecule has 1 N–H and O–H groups in total. The SMILES string of the molecule is COC(=O)CNC(=O)CCCOc1ccc(Br)cc1. The van der Waals surface area contributed by atoms with E-state index in [1.165, 1.54) is 7.11 Å². The minimum absolute atomic E-state index is 0.0943. The van der Waals surface area contributed by atoms with Crippen LogP contribution in [-0.2, 0) is 14.3 Å². The maximum Gasteiger partial charge on any atom is 0.325 e. The predicted molar refractivity (Wildman–Crippen MR) is 73.9 cm³/mol. The standard InChI is InChI=1S/C13H16BrNO4/c1-18-13(17)9-15-12(16)3-2-8-19-11-6-4-10(14)5-7-11/h4-7H,2-3,8-9H2,1H3,(H,15,16). The Bertz CT molecular complexity index is 419. The average molecular weight is 330 g/mol. The molecule has 0 saturated carbocycles. The number of nitrogens with one attached hydrogen (secondary N) is 1. The molecule has 0 unspecified atom stereocenters. The third kappa shape index (κ3) is 6.81. The summed E-state index contributed by atoms with van der Waals surface area (Å²) in [5.41, 5.74) is 0. The number of hydrogen-bond acceptors (Lipinski definition) is 4. The van der Waals surface area contributed by atoms with Crippen molar-refractivity contribution < 1.29 is 19.1 Å². The van der Waals surface area contributed by atoms with Crippen molar-refractivity contribution in [3.63, 3.8) is 0 Å². The van der Waals surface area contributed by atoms with E-state index in [2.05, 4.69) is 26.0 Å². The molecule has 0 fully saturated rings. The molecule has 1 amide bonds. The summed E-state index contributed by atoms with van der Waals surface area (Å²) >= 11 is 3.33. The van der Waals surface area contributed by atoms with E-state index >= 15 is 0 Å². The predicted octanol–water partition coefficient (Wildman–Crippen LogP) is 1.90. The normalized spacial score (nSPS) is 9.79. The van der Waals surface area contributed by atoms with Crippen LogP contribution in [0.5, 0.6) is 5.75 Å². The van der Waals surface area contributed by atoms with Gasteiger partial charge < -0.3 is 14.8 Å². The van der Waals surface area contributed by atoms with Gasteiger partial charge in [-0.25, -0.2) is 0 Å². The van der Waals surface area contributed by atoms with E-state index in [0.29, 0.717) is 19.4 Å². The van der Waals surface area contributed by atoms with Crippen LogP contribution in [0.15, 0.2) is 28.7 Å². The third-order valence-corrected chi connectivity index (χ3v) is 2.82. The van der Waals surface area contributed by atoms with Crippen molar-refractivity contribution >= 4 is 27.8 Å². The van der Waals surface area contributed by atoms with Gasteiger partial charge in [0.1, 0.15) is 12.3 Å². The zero-order valence-electron chi connectivity index (χ0n) is 10.6. The fraction of sp³-hybridized carbons (Fsp3) is 0.385. The zero-order chi connectivity index (χ0) is 14.1. The van der Waals surface area contributed by atoms with Crippen molar-refractivity contribution in [3.8, 4) is 5.75 Å². The van der Waals surface area contributed by atoms with Crippen LogP contribution < -0.4 is 10.1 Å². The molecule has 0 saturated heterocycles. The molecule has 0 aliphatic heterocycles. The van der Waals surface area contributed by atoms with Gasteiger partial charge >= 0.3 is 5.97 Å². The molecule has 104 valence electrons. The summed E-state index contributed by atoms with van der Waals surface area (Å²) in [6.07, 6.45) is 0.899. The lowest BCUT2D eigenvalue weighted by Crippen LogP contribution is -2.30. The van der Waals surface area contributed by atoms with Gasteiger partial charge in [-0.1, -0.05) is 15.9 Å². The van der Waals surface area contributed by atoms with Crippen LogP contribution in [0.4, 0.5) is 0 Å². The molecule has 0 atom stereocenters. The van der Waals surface area contributed by atoms with Crippen LogP contribution >= 0.6 is 15.9 Å². The number of amides is 1.